The molecular weight excluding hydrogens is 382 g/mol. The summed E-state index contributed by atoms with van der Waals surface area (Å²) in [6.45, 7) is 0. The van der Waals surface area contributed by atoms with Crippen LogP contribution < -0.4 is 10.9 Å². The minimum atomic E-state index is -0.350. The van der Waals surface area contributed by atoms with Gasteiger partial charge in [-0.2, -0.15) is 0 Å². The molecule has 0 radical (unpaired) electrons. The van der Waals surface area contributed by atoms with E-state index in [1.165, 1.54) is 10.9 Å². The number of hydrogen-bond donors (Lipinski definition) is 3. The first-order valence-corrected chi connectivity index (χ1v) is 8.83. The molecule has 3 aromatic rings. The van der Waals surface area contributed by atoms with Gasteiger partial charge in [0.15, 0.2) is 0 Å². The Morgan fingerprint density at radius 2 is 1.76 bits per heavy atom. The predicted molar refractivity (Wildman–Crippen MR) is 101 cm³/mol. The minimum Gasteiger partial charge on any atom is -0.361 e. The number of hydrazine groups is 1. The first-order valence-electron chi connectivity index (χ1n) is 8.04. The average molecular weight is 400 g/mol. The Morgan fingerprint density at radius 1 is 1.00 bits per heavy atom. The topological polar surface area (TPSA) is 74.0 Å². The molecule has 128 valence electrons. The second-order valence-corrected chi connectivity index (χ2v) is 6.55. The van der Waals surface area contributed by atoms with Gasteiger partial charge in [-0.3, -0.25) is 20.4 Å². The third kappa shape index (κ3) is 4.28. The molecule has 1 heterocycles. The third-order valence-corrected chi connectivity index (χ3v) is 4.65. The van der Waals surface area contributed by atoms with E-state index in [1.807, 2.05) is 30.5 Å². The van der Waals surface area contributed by atoms with E-state index in [1.54, 1.807) is 18.2 Å². The molecule has 0 saturated carbocycles. The van der Waals surface area contributed by atoms with Crippen molar-refractivity contribution in [1.82, 2.24) is 15.8 Å². The van der Waals surface area contributed by atoms with Crippen LogP contribution in [0, 0.1) is 0 Å². The molecule has 0 bridgehead atoms. The Labute approximate surface area is 153 Å². The predicted octanol–water partition coefficient (Wildman–Crippen LogP) is 3.71. The molecule has 25 heavy (non-hydrogen) atoms. The van der Waals surface area contributed by atoms with E-state index in [9.17, 15) is 9.59 Å². The maximum atomic E-state index is 12.0. The number of rotatable bonds is 5. The standard InChI is InChI=1S/C19H18BrN3O2/c20-16-9-3-1-8-15(16)19(25)23-22-18(24)11-5-6-13-12-21-17-10-4-2-7-14(13)17/h1-4,7-10,12,21H,5-6,11H2,(H,22,24)(H,23,25). The molecule has 0 unspecified atom stereocenters. The van der Waals surface area contributed by atoms with E-state index in [-0.39, 0.29) is 11.8 Å². The second kappa shape index (κ2) is 7.98. The lowest BCUT2D eigenvalue weighted by Crippen LogP contribution is -2.41. The molecule has 0 aliphatic carbocycles. The van der Waals surface area contributed by atoms with Gasteiger partial charge in [0.05, 0.1) is 5.56 Å². The number of aromatic nitrogens is 1. The van der Waals surface area contributed by atoms with Crippen LogP contribution in [-0.4, -0.2) is 16.8 Å². The van der Waals surface area contributed by atoms with E-state index >= 15 is 0 Å². The highest BCUT2D eigenvalue weighted by Gasteiger charge is 2.10. The van der Waals surface area contributed by atoms with Crippen molar-refractivity contribution in [2.45, 2.75) is 19.3 Å². The van der Waals surface area contributed by atoms with Crippen molar-refractivity contribution in [3.05, 3.63) is 70.3 Å². The molecule has 0 spiro atoms. The van der Waals surface area contributed by atoms with Gasteiger partial charge in [0, 0.05) is 28.0 Å². The van der Waals surface area contributed by atoms with Crippen molar-refractivity contribution in [3.8, 4) is 0 Å². The molecule has 0 aliphatic rings. The molecule has 6 heteroatoms. The van der Waals surface area contributed by atoms with Gasteiger partial charge in [0.2, 0.25) is 5.91 Å². The van der Waals surface area contributed by atoms with Crippen LogP contribution in [0.4, 0.5) is 0 Å². The zero-order valence-corrected chi connectivity index (χ0v) is 15.1. The van der Waals surface area contributed by atoms with Crippen LogP contribution in [0.1, 0.15) is 28.8 Å². The zero-order valence-electron chi connectivity index (χ0n) is 13.5. The van der Waals surface area contributed by atoms with Gasteiger partial charge in [0.25, 0.3) is 5.91 Å². The van der Waals surface area contributed by atoms with Gasteiger partial charge >= 0.3 is 0 Å². The van der Waals surface area contributed by atoms with E-state index in [2.05, 4.69) is 37.8 Å². The molecule has 1 aromatic heterocycles. The summed E-state index contributed by atoms with van der Waals surface area (Å²) in [6.07, 6.45) is 3.83. The van der Waals surface area contributed by atoms with Crippen LogP contribution >= 0.6 is 15.9 Å². The van der Waals surface area contributed by atoms with Crippen molar-refractivity contribution in [1.29, 1.82) is 0 Å². The minimum absolute atomic E-state index is 0.208. The molecule has 0 fully saturated rings. The summed E-state index contributed by atoms with van der Waals surface area (Å²) in [5, 5.41) is 1.19. The summed E-state index contributed by atoms with van der Waals surface area (Å²) >= 11 is 3.31. The maximum Gasteiger partial charge on any atom is 0.270 e. The van der Waals surface area contributed by atoms with Gasteiger partial charge < -0.3 is 4.98 Å². The highest BCUT2D eigenvalue weighted by molar-refractivity contribution is 9.10. The second-order valence-electron chi connectivity index (χ2n) is 5.70. The summed E-state index contributed by atoms with van der Waals surface area (Å²) < 4.78 is 0.682. The van der Waals surface area contributed by atoms with Crippen molar-refractivity contribution < 1.29 is 9.59 Å². The number of carbonyl (C=O) groups is 2. The fourth-order valence-electron chi connectivity index (χ4n) is 2.68. The fraction of sp³-hybridized carbons (Fsp3) is 0.158. The lowest BCUT2D eigenvalue weighted by atomic mass is 10.1. The third-order valence-electron chi connectivity index (χ3n) is 3.96. The van der Waals surface area contributed by atoms with Crippen LogP contribution in [-0.2, 0) is 11.2 Å². The highest BCUT2D eigenvalue weighted by atomic mass is 79.9. The quantitative estimate of drug-likeness (QED) is 0.572. The molecule has 0 atom stereocenters. The summed E-state index contributed by atoms with van der Waals surface area (Å²) in [5.41, 5.74) is 7.66. The van der Waals surface area contributed by atoms with Crippen LogP contribution in [0.25, 0.3) is 10.9 Å². The summed E-state index contributed by atoms with van der Waals surface area (Å²) in [5.74, 6) is -0.558. The molecule has 0 saturated heterocycles. The lowest BCUT2D eigenvalue weighted by Gasteiger charge is -2.08. The SMILES string of the molecule is O=C(CCCc1c[nH]c2ccccc12)NNC(=O)c1ccccc1Br. The van der Waals surface area contributed by atoms with E-state index < -0.39 is 0 Å². The number of H-pyrrole nitrogens is 1. The summed E-state index contributed by atoms with van der Waals surface area (Å²) in [7, 11) is 0. The number of nitrogens with one attached hydrogen (secondary N) is 3. The fourth-order valence-corrected chi connectivity index (χ4v) is 3.14. The van der Waals surface area contributed by atoms with Gasteiger partial charge in [-0.15, -0.1) is 0 Å². The average Bonchev–Trinajstić information content (AvgIpc) is 3.03. The number of fused-ring (bicyclic) bond motifs is 1. The summed E-state index contributed by atoms with van der Waals surface area (Å²) in [6, 6.07) is 15.1. The monoisotopic (exact) mass is 399 g/mol. The molecule has 0 aliphatic heterocycles. The van der Waals surface area contributed by atoms with Gasteiger partial charge in [-0.25, -0.2) is 0 Å². The van der Waals surface area contributed by atoms with Gasteiger partial charge in [-0.05, 0) is 52.5 Å². The zero-order chi connectivity index (χ0) is 17.6. The number of halogens is 1. The number of aryl methyl sites for hydroxylation is 1. The number of benzene rings is 2. The first kappa shape index (κ1) is 17.2. The van der Waals surface area contributed by atoms with E-state index in [0.717, 1.165) is 11.9 Å². The number of aromatic amines is 1. The Balaban J connectivity index is 1.45. The first-order chi connectivity index (χ1) is 12.1. The molecular formula is C19H18BrN3O2. The van der Waals surface area contributed by atoms with Crippen molar-refractivity contribution in [3.63, 3.8) is 0 Å². The molecule has 3 rings (SSSR count). The normalized spacial score (nSPS) is 10.6. The highest BCUT2D eigenvalue weighted by Crippen LogP contribution is 2.19. The number of carbonyl (C=O) groups excluding carboxylic acids is 2. The Morgan fingerprint density at radius 3 is 2.60 bits per heavy atom. The maximum absolute atomic E-state index is 12.0. The smallest absolute Gasteiger partial charge is 0.270 e. The number of amides is 2. The Kier molecular flexibility index (Phi) is 5.50. The Hall–Kier alpha value is -2.60. The lowest BCUT2D eigenvalue weighted by molar-refractivity contribution is -0.121. The Bertz CT molecular complexity index is 904. The van der Waals surface area contributed by atoms with Crippen molar-refractivity contribution in [2.75, 3.05) is 0 Å². The molecule has 5 nitrogen and oxygen atoms in total. The molecule has 2 amide bonds. The van der Waals surface area contributed by atoms with Crippen molar-refractivity contribution in [2.24, 2.45) is 0 Å². The van der Waals surface area contributed by atoms with Crippen LogP contribution in [0.3, 0.4) is 0 Å². The van der Waals surface area contributed by atoms with Gasteiger partial charge in [0.1, 0.15) is 0 Å². The van der Waals surface area contributed by atoms with E-state index in [4.69, 9.17) is 0 Å². The largest absolute Gasteiger partial charge is 0.361 e. The van der Waals surface area contributed by atoms with Crippen LogP contribution in [0.5, 0.6) is 0 Å². The molecule has 3 N–H and O–H groups in total. The molecule has 2 aromatic carbocycles. The number of para-hydroxylation sites is 1. The van der Waals surface area contributed by atoms with E-state index in [0.29, 0.717) is 22.9 Å². The van der Waals surface area contributed by atoms with Crippen LogP contribution in [0.2, 0.25) is 0 Å². The van der Waals surface area contributed by atoms with Crippen LogP contribution in [0.15, 0.2) is 59.2 Å². The van der Waals surface area contributed by atoms with Gasteiger partial charge in [-0.1, -0.05) is 30.3 Å². The van der Waals surface area contributed by atoms with Crippen molar-refractivity contribution >= 4 is 38.6 Å². The summed E-state index contributed by atoms with van der Waals surface area (Å²) in [4.78, 5) is 27.2. The number of hydrogen-bond acceptors (Lipinski definition) is 2.